The third kappa shape index (κ3) is 3.37. The first-order valence-electron chi connectivity index (χ1n) is 6.92. The Hall–Kier alpha value is -1.30. The number of hydrogen-bond acceptors (Lipinski definition) is 5. The summed E-state index contributed by atoms with van der Waals surface area (Å²) in [7, 11) is 0. The molecule has 1 aliphatic rings. The second kappa shape index (κ2) is 6.23. The average molecular weight is 282 g/mol. The zero-order valence-electron chi connectivity index (χ0n) is 11.5. The molecule has 1 aliphatic carbocycles. The van der Waals surface area contributed by atoms with Gasteiger partial charge in [0.05, 0.1) is 0 Å². The fourth-order valence-electron chi connectivity index (χ4n) is 2.49. The summed E-state index contributed by atoms with van der Waals surface area (Å²) in [6, 6.07) is 0.269. The molecular weight excluding hydrogens is 260 g/mol. The number of nitrogens with one attached hydrogen (secondary N) is 2. The molecule has 0 radical (unpaired) electrons. The van der Waals surface area contributed by atoms with Gasteiger partial charge in [-0.15, -0.1) is 0 Å². The molecule has 1 aromatic rings. The number of carbonyl (C=O) groups excluding carboxylic acids is 1. The van der Waals surface area contributed by atoms with Crippen LogP contribution in [0.4, 0.5) is 10.9 Å². The number of nitrogens with zero attached hydrogens (tertiary/aromatic N) is 1. The zero-order chi connectivity index (χ0) is 13.8. The molecule has 6 heteroatoms. The lowest BCUT2D eigenvalue weighted by Crippen LogP contribution is -2.40. The molecule has 19 heavy (non-hydrogen) atoms. The summed E-state index contributed by atoms with van der Waals surface area (Å²) in [5, 5.41) is 6.90. The Kier molecular flexibility index (Phi) is 4.63. The largest absolute Gasteiger partial charge is 0.382 e. The van der Waals surface area contributed by atoms with E-state index >= 15 is 0 Å². The predicted molar refractivity (Wildman–Crippen MR) is 79.6 cm³/mol. The van der Waals surface area contributed by atoms with E-state index in [-0.39, 0.29) is 11.9 Å². The number of aromatic nitrogens is 1. The van der Waals surface area contributed by atoms with Crippen LogP contribution in [0.5, 0.6) is 0 Å². The van der Waals surface area contributed by atoms with Crippen LogP contribution in [-0.4, -0.2) is 23.5 Å². The number of anilines is 2. The van der Waals surface area contributed by atoms with Crippen molar-refractivity contribution in [3.63, 3.8) is 0 Å². The third-order valence-electron chi connectivity index (χ3n) is 3.62. The Morgan fingerprint density at radius 2 is 2.21 bits per heavy atom. The maximum atomic E-state index is 12.2. The summed E-state index contributed by atoms with van der Waals surface area (Å²) in [4.78, 5) is 16.9. The van der Waals surface area contributed by atoms with Crippen LogP contribution in [0.2, 0.25) is 0 Å². The highest BCUT2D eigenvalue weighted by atomic mass is 32.1. The van der Waals surface area contributed by atoms with Gasteiger partial charge in [0.2, 0.25) is 0 Å². The lowest BCUT2D eigenvalue weighted by atomic mass is 9.86. The van der Waals surface area contributed by atoms with E-state index in [1.165, 1.54) is 30.6 Å². The van der Waals surface area contributed by atoms with Gasteiger partial charge in [0.1, 0.15) is 10.7 Å². The molecule has 0 spiro atoms. The van der Waals surface area contributed by atoms with Crippen LogP contribution < -0.4 is 16.4 Å². The van der Waals surface area contributed by atoms with Crippen LogP contribution in [0.25, 0.3) is 0 Å². The molecule has 0 saturated heterocycles. The van der Waals surface area contributed by atoms with Crippen LogP contribution in [0.1, 0.15) is 49.2 Å². The maximum absolute atomic E-state index is 12.2. The number of amides is 1. The normalized spacial score (nSPS) is 23.1. The summed E-state index contributed by atoms with van der Waals surface area (Å²) in [5.41, 5.74) is 5.81. The number of rotatable bonds is 4. The number of hydrogen-bond donors (Lipinski definition) is 3. The molecule has 4 N–H and O–H groups in total. The lowest BCUT2D eigenvalue weighted by Gasteiger charge is -2.29. The minimum atomic E-state index is -0.0853. The summed E-state index contributed by atoms with van der Waals surface area (Å²) in [6.45, 7) is 4.96. The van der Waals surface area contributed by atoms with Crippen molar-refractivity contribution in [2.45, 2.75) is 45.6 Å². The van der Waals surface area contributed by atoms with E-state index in [0.29, 0.717) is 21.7 Å². The molecule has 0 aliphatic heterocycles. The molecular formula is C13H22N4OS. The molecule has 2 unspecified atom stereocenters. The minimum absolute atomic E-state index is 0.0853. The molecule has 1 saturated carbocycles. The van der Waals surface area contributed by atoms with Crippen molar-refractivity contribution >= 4 is 28.2 Å². The quantitative estimate of drug-likeness (QED) is 0.792. The van der Waals surface area contributed by atoms with Crippen LogP contribution in [-0.2, 0) is 0 Å². The molecule has 1 fully saturated rings. The molecule has 0 bridgehead atoms. The summed E-state index contributed by atoms with van der Waals surface area (Å²) < 4.78 is 0. The number of carbonyl (C=O) groups is 1. The maximum Gasteiger partial charge on any atom is 0.265 e. The van der Waals surface area contributed by atoms with E-state index in [4.69, 9.17) is 5.73 Å². The number of nitrogens with two attached hydrogens (primary N) is 1. The van der Waals surface area contributed by atoms with Gasteiger partial charge < -0.3 is 16.4 Å². The Labute approximate surface area is 118 Å². The smallest absolute Gasteiger partial charge is 0.265 e. The Bertz CT molecular complexity index is 446. The van der Waals surface area contributed by atoms with Gasteiger partial charge in [-0.25, -0.2) is 4.98 Å². The van der Waals surface area contributed by atoms with E-state index in [0.717, 1.165) is 13.0 Å². The van der Waals surface area contributed by atoms with Crippen LogP contribution in [0.15, 0.2) is 0 Å². The van der Waals surface area contributed by atoms with Crippen molar-refractivity contribution in [2.24, 2.45) is 5.92 Å². The zero-order valence-corrected chi connectivity index (χ0v) is 12.3. The van der Waals surface area contributed by atoms with Gasteiger partial charge in [-0.2, -0.15) is 0 Å². The van der Waals surface area contributed by atoms with Gasteiger partial charge in [-0.05, 0) is 25.7 Å². The van der Waals surface area contributed by atoms with Crippen LogP contribution in [0.3, 0.4) is 0 Å². The molecule has 2 atom stereocenters. The Morgan fingerprint density at radius 1 is 1.47 bits per heavy atom. The van der Waals surface area contributed by atoms with Crippen molar-refractivity contribution in [3.05, 3.63) is 4.88 Å². The molecule has 1 aromatic heterocycles. The number of thiazole rings is 1. The molecule has 1 heterocycles. The van der Waals surface area contributed by atoms with Gasteiger partial charge in [-0.1, -0.05) is 31.1 Å². The topological polar surface area (TPSA) is 80.0 Å². The SMILES string of the molecule is CCNc1nc(N)c(C(=O)NC2CCCCC2C)s1. The standard InChI is InChI=1S/C13H22N4OS/c1-3-15-13-17-11(14)10(19-13)12(18)16-9-7-5-4-6-8(9)2/h8-9H,3-7,14H2,1-2H3,(H,15,17)(H,16,18). The molecule has 106 valence electrons. The van der Waals surface area contributed by atoms with E-state index < -0.39 is 0 Å². The summed E-state index contributed by atoms with van der Waals surface area (Å²) in [5.74, 6) is 0.778. The average Bonchev–Trinajstić information content (AvgIpc) is 2.74. The van der Waals surface area contributed by atoms with Crippen molar-refractivity contribution in [2.75, 3.05) is 17.6 Å². The molecule has 0 aromatic carbocycles. The first-order chi connectivity index (χ1) is 9.11. The van der Waals surface area contributed by atoms with E-state index in [1.54, 1.807) is 0 Å². The Balaban J connectivity index is 2.02. The molecule has 1 amide bonds. The third-order valence-corrected chi connectivity index (χ3v) is 4.64. The highest BCUT2D eigenvalue weighted by molar-refractivity contribution is 7.18. The lowest BCUT2D eigenvalue weighted by molar-refractivity contribution is 0.0915. The minimum Gasteiger partial charge on any atom is -0.382 e. The van der Waals surface area contributed by atoms with E-state index in [1.807, 2.05) is 6.92 Å². The highest BCUT2D eigenvalue weighted by Crippen LogP contribution is 2.27. The number of nitrogen functional groups attached to an aromatic ring is 1. The van der Waals surface area contributed by atoms with Gasteiger partial charge in [0, 0.05) is 12.6 Å². The fourth-order valence-corrected chi connectivity index (χ4v) is 3.34. The molecule has 5 nitrogen and oxygen atoms in total. The fraction of sp³-hybridized carbons (Fsp3) is 0.692. The van der Waals surface area contributed by atoms with Crippen LogP contribution >= 0.6 is 11.3 Å². The second-order valence-corrected chi connectivity index (χ2v) is 6.10. The predicted octanol–water partition coefficient (Wildman–Crippen LogP) is 2.47. The van der Waals surface area contributed by atoms with Crippen molar-refractivity contribution in [1.29, 1.82) is 0 Å². The van der Waals surface area contributed by atoms with Crippen LogP contribution in [0, 0.1) is 5.92 Å². The van der Waals surface area contributed by atoms with Crippen molar-refractivity contribution in [3.8, 4) is 0 Å². The van der Waals surface area contributed by atoms with Crippen molar-refractivity contribution < 1.29 is 4.79 Å². The van der Waals surface area contributed by atoms with E-state index in [9.17, 15) is 4.79 Å². The molecule has 2 rings (SSSR count). The second-order valence-electron chi connectivity index (χ2n) is 5.11. The van der Waals surface area contributed by atoms with Gasteiger partial charge >= 0.3 is 0 Å². The van der Waals surface area contributed by atoms with Gasteiger partial charge in [0.25, 0.3) is 5.91 Å². The van der Waals surface area contributed by atoms with Gasteiger partial charge in [-0.3, -0.25) is 4.79 Å². The van der Waals surface area contributed by atoms with E-state index in [2.05, 4.69) is 22.5 Å². The van der Waals surface area contributed by atoms with Gasteiger partial charge in [0.15, 0.2) is 5.13 Å². The Morgan fingerprint density at radius 3 is 2.89 bits per heavy atom. The first-order valence-corrected chi connectivity index (χ1v) is 7.74. The highest BCUT2D eigenvalue weighted by Gasteiger charge is 2.25. The first kappa shape index (κ1) is 14.1. The summed E-state index contributed by atoms with van der Waals surface area (Å²) in [6.07, 6.45) is 4.70. The summed E-state index contributed by atoms with van der Waals surface area (Å²) >= 11 is 1.32. The monoisotopic (exact) mass is 282 g/mol. The van der Waals surface area contributed by atoms with Crippen molar-refractivity contribution in [1.82, 2.24) is 10.3 Å².